The summed E-state index contributed by atoms with van der Waals surface area (Å²) < 4.78 is 0. The number of aliphatic carboxylic acids is 1. The number of hydrogen-bond acceptors (Lipinski definition) is 3. The summed E-state index contributed by atoms with van der Waals surface area (Å²) in [7, 11) is 0. The molecular weight excluding hydrogens is 192 g/mol. The van der Waals surface area contributed by atoms with Crippen LogP contribution in [0.25, 0.3) is 0 Å². The number of carboxylic acids is 1. The van der Waals surface area contributed by atoms with Crippen molar-refractivity contribution in [3.63, 3.8) is 0 Å². The minimum atomic E-state index is -0.935. The van der Waals surface area contributed by atoms with Gasteiger partial charge in [-0.1, -0.05) is 20.4 Å². The molecule has 0 fully saturated rings. The molecule has 0 amide bonds. The second-order valence-electron chi connectivity index (χ2n) is 3.25. The zero-order valence-electron chi connectivity index (χ0n) is 10.1. The van der Waals surface area contributed by atoms with Crippen molar-refractivity contribution in [3.05, 3.63) is 12.2 Å². The lowest BCUT2D eigenvalue weighted by molar-refractivity contribution is -0.132. The van der Waals surface area contributed by atoms with Gasteiger partial charge in [-0.05, 0) is 39.5 Å². The minimum absolute atomic E-state index is 0.176. The Hall–Kier alpha value is -0.870. The van der Waals surface area contributed by atoms with Gasteiger partial charge in [0.1, 0.15) is 0 Å². The van der Waals surface area contributed by atoms with Crippen LogP contribution in [0.1, 0.15) is 27.2 Å². The quantitative estimate of drug-likeness (QED) is 0.657. The van der Waals surface area contributed by atoms with Gasteiger partial charge in [-0.25, -0.2) is 4.79 Å². The van der Waals surface area contributed by atoms with Crippen LogP contribution in [0, 0.1) is 0 Å². The van der Waals surface area contributed by atoms with Crippen LogP contribution in [0.15, 0.2) is 12.2 Å². The Morgan fingerprint density at radius 1 is 1.40 bits per heavy atom. The van der Waals surface area contributed by atoms with E-state index in [2.05, 4.69) is 25.3 Å². The van der Waals surface area contributed by atoms with E-state index in [9.17, 15) is 4.79 Å². The Morgan fingerprint density at radius 2 is 1.80 bits per heavy atom. The van der Waals surface area contributed by atoms with Crippen LogP contribution in [0.4, 0.5) is 0 Å². The van der Waals surface area contributed by atoms with Crippen molar-refractivity contribution in [2.75, 3.05) is 26.2 Å². The first-order chi connectivity index (χ1) is 6.99. The zero-order chi connectivity index (χ0) is 12.3. The fourth-order valence-corrected chi connectivity index (χ4v) is 0.855. The smallest absolute Gasteiger partial charge is 0.330 e. The largest absolute Gasteiger partial charge is 0.478 e. The number of nitrogens with zero attached hydrogens (tertiary/aromatic N) is 1. The minimum Gasteiger partial charge on any atom is -0.478 e. The summed E-state index contributed by atoms with van der Waals surface area (Å²) in [6.07, 6.45) is 1.13. The van der Waals surface area contributed by atoms with Crippen molar-refractivity contribution in [2.45, 2.75) is 27.2 Å². The topological polar surface area (TPSA) is 66.6 Å². The Bertz CT molecular complexity index is 165. The summed E-state index contributed by atoms with van der Waals surface area (Å²) in [6, 6.07) is 0. The molecule has 0 aromatic heterocycles. The van der Waals surface area contributed by atoms with Crippen molar-refractivity contribution in [2.24, 2.45) is 5.73 Å². The van der Waals surface area contributed by atoms with E-state index in [1.165, 1.54) is 6.92 Å². The SMILES string of the molecule is C=C(C)C(=O)O.CCN(CC)CCCN. The summed E-state index contributed by atoms with van der Waals surface area (Å²) in [5, 5.41) is 7.89. The van der Waals surface area contributed by atoms with Gasteiger partial charge in [0, 0.05) is 5.57 Å². The van der Waals surface area contributed by atoms with Gasteiger partial charge in [0.15, 0.2) is 0 Å². The maximum Gasteiger partial charge on any atom is 0.330 e. The molecule has 4 nitrogen and oxygen atoms in total. The van der Waals surface area contributed by atoms with Gasteiger partial charge in [0.25, 0.3) is 0 Å². The normalized spacial score (nSPS) is 9.40. The number of nitrogens with two attached hydrogens (primary N) is 1. The van der Waals surface area contributed by atoms with E-state index in [4.69, 9.17) is 10.8 Å². The lowest BCUT2D eigenvalue weighted by Gasteiger charge is -2.16. The van der Waals surface area contributed by atoms with Crippen LogP contribution in [0.2, 0.25) is 0 Å². The predicted octanol–water partition coefficient (Wildman–Crippen LogP) is 1.32. The van der Waals surface area contributed by atoms with Crippen LogP contribution >= 0.6 is 0 Å². The second-order valence-corrected chi connectivity index (χ2v) is 3.25. The Balaban J connectivity index is 0. The highest BCUT2D eigenvalue weighted by Gasteiger charge is 1.94. The first-order valence-corrected chi connectivity index (χ1v) is 5.30. The van der Waals surface area contributed by atoms with Gasteiger partial charge in [0.2, 0.25) is 0 Å². The molecule has 0 aliphatic rings. The van der Waals surface area contributed by atoms with E-state index < -0.39 is 5.97 Å². The van der Waals surface area contributed by atoms with Crippen LogP contribution < -0.4 is 5.73 Å². The monoisotopic (exact) mass is 216 g/mol. The molecule has 3 N–H and O–H groups in total. The van der Waals surface area contributed by atoms with Crippen LogP contribution in [0.5, 0.6) is 0 Å². The van der Waals surface area contributed by atoms with Gasteiger partial charge in [-0.15, -0.1) is 0 Å². The number of hydrogen-bond donors (Lipinski definition) is 2. The second kappa shape index (κ2) is 11.2. The maximum atomic E-state index is 9.60. The molecule has 0 atom stereocenters. The molecule has 0 saturated carbocycles. The highest BCUT2D eigenvalue weighted by molar-refractivity contribution is 5.84. The van der Waals surface area contributed by atoms with E-state index in [0.29, 0.717) is 0 Å². The fourth-order valence-electron chi connectivity index (χ4n) is 0.855. The van der Waals surface area contributed by atoms with Crippen molar-refractivity contribution in [1.29, 1.82) is 0 Å². The molecule has 0 rings (SSSR count). The summed E-state index contributed by atoms with van der Waals surface area (Å²) in [5.41, 5.74) is 5.54. The Kier molecular flexibility index (Phi) is 12.4. The number of rotatable bonds is 6. The average Bonchev–Trinajstić information content (AvgIpc) is 2.20. The summed E-state index contributed by atoms with van der Waals surface area (Å²) >= 11 is 0. The van der Waals surface area contributed by atoms with E-state index >= 15 is 0 Å². The highest BCUT2D eigenvalue weighted by Crippen LogP contribution is 1.87. The molecule has 0 bridgehead atoms. The van der Waals surface area contributed by atoms with E-state index in [0.717, 1.165) is 32.6 Å². The Labute approximate surface area is 92.8 Å². The molecule has 0 radical (unpaired) electrons. The average molecular weight is 216 g/mol. The third-order valence-electron chi connectivity index (χ3n) is 1.94. The molecule has 0 unspecified atom stereocenters. The van der Waals surface area contributed by atoms with E-state index in [-0.39, 0.29) is 5.57 Å². The maximum absolute atomic E-state index is 9.60. The Morgan fingerprint density at radius 3 is 2.00 bits per heavy atom. The summed E-state index contributed by atoms with van der Waals surface area (Å²) in [6.45, 7) is 13.2. The van der Waals surface area contributed by atoms with Gasteiger partial charge in [-0.2, -0.15) is 0 Å². The summed E-state index contributed by atoms with van der Waals surface area (Å²) in [4.78, 5) is 12.0. The van der Waals surface area contributed by atoms with Crippen LogP contribution in [-0.4, -0.2) is 42.2 Å². The molecule has 0 aromatic carbocycles. The molecule has 0 aliphatic carbocycles. The van der Waals surface area contributed by atoms with E-state index in [1.807, 2.05) is 0 Å². The first-order valence-electron chi connectivity index (χ1n) is 5.30. The third-order valence-corrected chi connectivity index (χ3v) is 1.94. The molecule has 0 spiro atoms. The van der Waals surface area contributed by atoms with E-state index in [1.54, 1.807) is 0 Å². The van der Waals surface area contributed by atoms with Crippen LogP contribution in [0.3, 0.4) is 0 Å². The van der Waals surface area contributed by atoms with Gasteiger partial charge >= 0.3 is 5.97 Å². The standard InChI is InChI=1S/C7H18N2.C4H6O2/c1-3-9(4-2)7-5-6-8;1-3(2)4(5)6/h3-8H2,1-2H3;1H2,2H3,(H,5,6). The van der Waals surface area contributed by atoms with Crippen molar-refractivity contribution in [1.82, 2.24) is 4.90 Å². The lowest BCUT2D eigenvalue weighted by Crippen LogP contribution is -2.25. The molecule has 0 heterocycles. The number of carbonyl (C=O) groups is 1. The first kappa shape index (κ1) is 16.6. The van der Waals surface area contributed by atoms with Crippen molar-refractivity contribution < 1.29 is 9.90 Å². The van der Waals surface area contributed by atoms with Crippen LogP contribution in [-0.2, 0) is 4.79 Å². The molecule has 0 saturated heterocycles. The molecule has 15 heavy (non-hydrogen) atoms. The molecule has 0 aromatic rings. The molecule has 90 valence electrons. The third kappa shape index (κ3) is 13.1. The number of carboxylic acid groups (broad SMARTS) is 1. The van der Waals surface area contributed by atoms with Gasteiger partial charge in [0.05, 0.1) is 0 Å². The highest BCUT2D eigenvalue weighted by atomic mass is 16.4. The van der Waals surface area contributed by atoms with Crippen molar-refractivity contribution in [3.8, 4) is 0 Å². The molecule has 0 aliphatic heterocycles. The lowest BCUT2D eigenvalue weighted by atomic mass is 10.4. The van der Waals surface area contributed by atoms with Gasteiger partial charge < -0.3 is 15.7 Å². The summed E-state index contributed by atoms with van der Waals surface area (Å²) in [5.74, 6) is -0.935. The fraction of sp³-hybridized carbons (Fsp3) is 0.727. The molecule has 4 heteroatoms. The van der Waals surface area contributed by atoms with Gasteiger partial charge in [-0.3, -0.25) is 0 Å². The zero-order valence-corrected chi connectivity index (χ0v) is 10.1. The van der Waals surface area contributed by atoms with Crippen molar-refractivity contribution >= 4 is 5.97 Å². The predicted molar refractivity (Wildman–Crippen MR) is 63.9 cm³/mol. The molecular formula is C11H24N2O2.